The molecule has 3 aromatic heterocycles. The molecule has 1 saturated heterocycles. The second-order valence-corrected chi connectivity index (χ2v) is 13.3. The van der Waals surface area contributed by atoms with Crippen LogP contribution in [0.15, 0.2) is 41.5 Å². The number of hydrogen-bond acceptors (Lipinski definition) is 7. The summed E-state index contributed by atoms with van der Waals surface area (Å²) < 4.78 is 2.67. The fourth-order valence-electron chi connectivity index (χ4n) is 6.66. The average molecular weight is 576 g/mol. The molecule has 208 valence electrons. The van der Waals surface area contributed by atoms with Crippen molar-refractivity contribution >= 4 is 38.8 Å². The number of likely N-dealkylation sites (tertiary alicyclic amines) is 1. The van der Waals surface area contributed by atoms with Gasteiger partial charge < -0.3 is 10.0 Å². The van der Waals surface area contributed by atoms with Gasteiger partial charge in [0.25, 0.3) is 5.56 Å². The summed E-state index contributed by atoms with van der Waals surface area (Å²) in [5.41, 5.74) is 7.93. The number of thiophene rings is 1. The van der Waals surface area contributed by atoms with E-state index >= 15 is 0 Å². The van der Waals surface area contributed by atoms with Gasteiger partial charge in [-0.15, -0.1) is 11.3 Å². The van der Waals surface area contributed by atoms with Gasteiger partial charge in [0.1, 0.15) is 0 Å². The summed E-state index contributed by atoms with van der Waals surface area (Å²) in [6.07, 6.45) is 9.15. The number of anilines is 1. The number of rotatable bonds is 6. The van der Waals surface area contributed by atoms with Gasteiger partial charge in [0, 0.05) is 64.2 Å². The van der Waals surface area contributed by atoms with Gasteiger partial charge in [-0.2, -0.15) is 5.10 Å². The van der Waals surface area contributed by atoms with Crippen molar-refractivity contribution in [2.45, 2.75) is 63.6 Å². The molecule has 7 nitrogen and oxygen atoms in total. The molecular formula is C31H34ClN5O2S. The topological polar surface area (TPSA) is 74.5 Å². The summed E-state index contributed by atoms with van der Waals surface area (Å²) >= 11 is 8.45. The fourth-order valence-corrected chi connectivity index (χ4v) is 8.11. The van der Waals surface area contributed by atoms with Crippen LogP contribution in [0.3, 0.4) is 0 Å². The van der Waals surface area contributed by atoms with E-state index in [1.54, 1.807) is 22.1 Å². The quantitative estimate of drug-likeness (QED) is 0.340. The zero-order valence-electron chi connectivity index (χ0n) is 22.9. The highest BCUT2D eigenvalue weighted by atomic mass is 35.5. The maximum Gasteiger partial charge on any atom is 0.267 e. The van der Waals surface area contributed by atoms with Crippen LogP contribution < -0.4 is 10.5 Å². The molecule has 2 fully saturated rings. The summed E-state index contributed by atoms with van der Waals surface area (Å²) in [6, 6.07) is 8.62. The van der Waals surface area contributed by atoms with Crippen molar-refractivity contribution in [2.75, 3.05) is 31.6 Å². The second-order valence-electron chi connectivity index (χ2n) is 11.7. The Morgan fingerprint density at radius 3 is 2.77 bits per heavy atom. The van der Waals surface area contributed by atoms with E-state index in [0.29, 0.717) is 18.5 Å². The third-order valence-corrected chi connectivity index (χ3v) is 10.2. The molecule has 5 heterocycles. The van der Waals surface area contributed by atoms with Gasteiger partial charge in [0.05, 0.1) is 29.6 Å². The van der Waals surface area contributed by atoms with E-state index in [0.717, 1.165) is 82.0 Å². The lowest BCUT2D eigenvalue weighted by atomic mass is 9.91. The summed E-state index contributed by atoms with van der Waals surface area (Å²) in [5.74, 6) is 0.510. The molecule has 0 bridgehead atoms. The molecule has 4 aromatic rings. The molecule has 1 N–H and O–H groups in total. The van der Waals surface area contributed by atoms with Crippen LogP contribution in [-0.4, -0.2) is 63.6 Å². The number of aliphatic hydroxyl groups is 1. The molecule has 0 spiro atoms. The predicted molar refractivity (Wildman–Crippen MR) is 162 cm³/mol. The minimum absolute atomic E-state index is 0.0477. The SMILES string of the molecule is Cc1cnc2cc(Cn3ncc(C4CC4)cc3=O)sc2c1-c1cc(Cl)cc2c1N([C@H]1C[C@H](CO)N(C)C1)CCC2. The Morgan fingerprint density at radius 2 is 2.02 bits per heavy atom. The molecule has 2 aliphatic heterocycles. The van der Waals surface area contributed by atoms with E-state index in [2.05, 4.69) is 47.1 Å². The first-order valence-corrected chi connectivity index (χ1v) is 15.4. The van der Waals surface area contributed by atoms with Crippen molar-refractivity contribution in [1.82, 2.24) is 19.7 Å². The van der Waals surface area contributed by atoms with Gasteiger partial charge in [-0.25, -0.2) is 4.68 Å². The van der Waals surface area contributed by atoms with E-state index in [9.17, 15) is 9.90 Å². The first-order valence-electron chi connectivity index (χ1n) is 14.2. The average Bonchev–Trinajstić information content (AvgIpc) is 3.60. The minimum atomic E-state index is -0.0477. The maximum atomic E-state index is 12.8. The number of aryl methyl sites for hydroxylation is 2. The monoisotopic (exact) mass is 575 g/mol. The zero-order valence-corrected chi connectivity index (χ0v) is 24.5. The van der Waals surface area contributed by atoms with Crippen LogP contribution in [0.2, 0.25) is 5.02 Å². The highest BCUT2D eigenvalue weighted by molar-refractivity contribution is 7.19. The van der Waals surface area contributed by atoms with Crippen LogP contribution in [0.25, 0.3) is 21.3 Å². The first-order chi connectivity index (χ1) is 19.4. The van der Waals surface area contributed by atoms with E-state index < -0.39 is 0 Å². The van der Waals surface area contributed by atoms with Crippen molar-refractivity contribution in [1.29, 1.82) is 0 Å². The first kappa shape index (κ1) is 26.1. The third-order valence-electron chi connectivity index (χ3n) is 8.90. The van der Waals surface area contributed by atoms with E-state index in [1.165, 1.54) is 16.8 Å². The van der Waals surface area contributed by atoms with Crippen LogP contribution >= 0.6 is 22.9 Å². The molecule has 2 atom stereocenters. The number of fused-ring (bicyclic) bond motifs is 2. The van der Waals surface area contributed by atoms with Crippen LogP contribution in [0.4, 0.5) is 5.69 Å². The molecule has 9 heteroatoms. The number of aromatic nitrogens is 3. The van der Waals surface area contributed by atoms with Gasteiger partial charge in [0.2, 0.25) is 0 Å². The summed E-state index contributed by atoms with van der Waals surface area (Å²) in [4.78, 5) is 23.5. The Balaban J connectivity index is 1.31. The lowest BCUT2D eigenvalue weighted by Crippen LogP contribution is -2.41. The molecule has 0 unspecified atom stereocenters. The normalized spacial score (nSPS) is 21.4. The Morgan fingerprint density at radius 1 is 1.18 bits per heavy atom. The molecule has 40 heavy (non-hydrogen) atoms. The van der Waals surface area contributed by atoms with Crippen LogP contribution in [0, 0.1) is 6.92 Å². The van der Waals surface area contributed by atoms with Crippen molar-refractivity contribution in [3.63, 3.8) is 0 Å². The van der Waals surface area contributed by atoms with Crippen molar-refractivity contribution in [3.05, 3.63) is 73.6 Å². The molecule has 1 saturated carbocycles. The van der Waals surface area contributed by atoms with Gasteiger partial charge in [-0.05, 0) is 86.9 Å². The summed E-state index contributed by atoms with van der Waals surface area (Å²) in [6.45, 7) is 4.66. The number of hydrogen-bond donors (Lipinski definition) is 1. The number of halogens is 1. The molecule has 0 amide bonds. The van der Waals surface area contributed by atoms with Crippen LogP contribution in [0.5, 0.6) is 0 Å². The lowest BCUT2D eigenvalue weighted by molar-refractivity contribution is 0.182. The molecular weight excluding hydrogens is 542 g/mol. The van der Waals surface area contributed by atoms with Gasteiger partial charge in [-0.3, -0.25) is 14.7 Å². The Hall–Kier alpha value is -2.78. The number of nitrogens with zero attached hydrogens (tertiary/aromatic N) is 5. The number of aliphatic hydroxyl groups excluding tert-OH is 1. The predicted octanol–water partition coefficient (Wildman–Crippen LogP) is 5.23. The van der Waals surface area contributed by atoms with Crippen molar-refractivity contribution in [3.8, 4) is 11.1 Å². The summed E-state index contributed by atoms with van der Waals surface area (Å²) in [7, 11) is 2.11. The minimum Gasteiger partial charge on any atom is -0.395 e. The number of likely N-dealkylation sites (N-methyl/N-ethyl adjacent to an activating group) is 1. The maximum absolute atomic E-state index is 12.8. The Labute approximate surface area is 243 Å². The molecule has 3 aliphatic rings. The van der Waals surface area contributed by atoms with E-state index in [1.807, 2.05) is 12.4 Å². The van der Waals surface area contributed by atoms with Crippen LogP contribution in [-0.2, 0) is 13.0 Å². The number of pyridine rings is 1. The molecule has 1 aliphatic carbocycles. The highest BCUT2D eigenvalue weighted by Gasteiger charge is 2.36. The van der Waals surface area contributed by atoms with Gasteiger partial charge in [-0.1, -0.05) is 11.6 Å². The summed E-state index contributed by atoms with van der Waals surface area (Å²) in [5, 5.41) is 15.2. The van der Waals surface area contributed by atoms with E-state index in [-0.39, 0.29) is 18.2 Å². The standard InChI is InChI=1S/C31H34ClN5O2S/c1-18-13-33-27-12-25(16-37-28(39)9-21(14-34-37)19-5-6-19)40-31(27)29(18)26-10-22(32)8-20-4-3-7-36(30(20)26)23-11-24(17-38)35(2)15-23/h8-10,12-14,19,23-24,38H,3-7,11,15-17H2,1-2H3/t23-,24+/m0/s1. The smallest absolute Gasteiger partial charge is 0.267 e. The Bertz CT molecular complexity index is 1660. The second kappa shape index (κ2) is 10.2. The zero-order chi connectivity index (χ0) is 27.5. The highest BCUT2D eigenvalue weighted by Crippen LogP contribution is 2.46. The van der Waals surface area contributed by atoms with Gasteiger partial charge in [0.15, 0.2) is 0 Å². The van der Waals surface area contributed by atoms with Crippen LogP contribution in [0.1, 0.15) is 53.2 Å². The molecule has 7 rings (SSSR count). The largest absolute Gasteiger partial charge is 0.395 e. The molecule has 1 aromatic carbocycles. The Kier molecular flexibility index (Phi) is 6.70. The van der Waals surface area contributed by atoms with E-state index in [4.69, 9.17) is 16.6 Å². The number of benzene rings is 1. The molecule has 0 radical (unpaired) electrons. The van der Waals surface area contributed by atoms with Crippen molar-refractivity contribution in [2.24, 2.45) is 0 Å². The van der Waals surface area contributed by atoms with Gasteiger partial charge >= 0.3 is 0 Å². The van der Waals surface area contributed by atoms with Crippen molar-refractivity contribution < 1.29 is 5.11 Å². The fraction of sp³-hybridized carbons (Fsp3) is 0.452. The third kappa shape index (κ3) is 4.65. The lowest BCUT2D eigenvalue weighted by Gasteiger charge is -2.38.